The predicted molar refractivity (Wildman–Crippen MR) is 119 cm³/mol. The summed E-state index contributed by atoms with van der Waals surface area (Å²) in [5.74, 6) is -0.331. The Balaban J connectivity index is 2.20. The van der Waals surface area contributed by atoms with E-state index in [-0.39, 0.29) is 42.2 Å². The molecular weight excluding hydrogens is 398 g/mol. The van der Waals surface area contributed by atoms with Crippen molar-refractivity contribution in [1.29, 1.82) is 0 Å². The molecule has 0 unspecified atom stereocenters. The average Bonchev–Trinajstić information content (AvgIpc) is 3.12. The molecule has 0 radical (unpaired) electrons. The molecule has 0 aliphatic heterocycles. The maximum atomic E-state index is 13.3. The van der Waals surface area contributed by atoms with Crippen molar-refractivity contribution in [3.8, 4) is 6.01 Å². The van der Waals surface area contributed by atoms with Gasteiger partial charge in [0.2, 0.25) is 0 Å². The molecule has 164 valence electrons. The topological polar surface area (TPSA) is 114 Å². The van der Waals surface area contributed by atoms with E-state index >= 15 is 0 Å². The van der Waals surface area contributed by atoms with Crippen molar-refractivity contribution < 1.29 is 9.53 Å². The predicted octanol–water partition coefficient (Wildman–Crippen LogP) is 1.47. The van der Waals surface area contributed by atoms with Crippen molar-refractivity contribution >= 4 is 16.9 Å². The zero-order valence-electron chi connectivity index (χ0n) is 18.2. The largest absolute Gasteiger partial charge is 0.460 e. The molecule has 0 saturated carbocycles. The van der Waals surface area contributed by atoms with Gasteiger partial charge in [0.15, 0.2) is 16.9 Å². The summed E-state index contributed by atoms with van der Waals surface area (Å²) in [6.07, 6.45) is 1.59. The maximum absolute atomic E-state index is 13.3. The highest BCUT2D eigenvalue weighted by Crippen LogP contribution is 2.19. The lowest BCUT2D eigenvalue weighted by Gasteiger charge is -2.13. The van der Waals surface area contributed by atoms with Gasteiger partial charge in [-0.25, -0.2) is 4.79 Å². The van der Waals surface area contributed by atoms with Gasteiger partial charge >= 0.3 is 5.69 Å². The van der Waals surface area contributed by atoms with E-state index in [9.17, 15) is 14.4 Å². The van der Waals surface area contributed by atoms with Crippen LogP contribution in [-0.4, -0.2) is 37.1 Å². The second-order valence-corrected chi connectivity index (χ2v) is 7.64. The van der Waals surface area contributed by atoms with Crippen LogP contribution in [0, 0.1) is 0 Å². The van der Waals surface area contributed by atoms with Gasteiger partial charge in [0.1, 0.15) is 6.10 Å². The fourth-order valence-electron chi connectivity index (χ4n) is 3.11. The van der Waals surface area contributed by atoms with Crippen molar-refractivity contribution in [2.45, 2.75) is 40.0 Å². The van der Waals surface area contributed by atoms with Crippen LogP contribution in [0.2, 0.25) is 0 Å². The molecule has 2 aromatic heterocycles. The van der Waals surface area contributed by atoms with Crippen molar-refractivity contribution in [3.63, 3.8) is 0 Å². The molecular formula is C22H27N5O4. The number of imidazole rings is 1. The number of aryl methyl sites for hydroxylation is 1. The molecule has 9 heteroatoms. The summed E-state index contributed by atoms with van der Waals surface area (Å²) < 4.78 is 9.63. The second kappa shape index (κ2) is 9.13. The minimum atomic E-state index is -0.618. The first-order valence-corrected chi connectivity index (χ1v) is 10.0. The Morgan fingerprint density at radius 2 is 1.87 bits per heavy atom. The van der Waals surface area contributed by atoms with E-state index in [1.807, 2.05) is 19.9 Å². The number of allylic oxidation sites excluding steroid dienone is 2. The molecule has 9 nitrogen and oxygen atoms in total. The lowest BCUT2D eigenvalue weighted by molar-refractivity contribution is 0.0969. The highest BCUT2D eigenvalue weighted by Gasteiger charge is 2.23. The van der Waals surface area contributed by atoms with E-state index in [1.54, 1.807) is 41.8 Å². The number of Topliss-reactive ketones (excluding diaryl/α,β-unsaturated/α-hetero) is 1. The van der Waals surface area contributed by atoms with Crippen LogP contribution in [-0.2, 0) is 20.1 Å². The maximum Gasteiger partial charge on any atom is 0.332 e. The van der Waals surface area contributed by atoms with Crippen LogP contribution in [0.1, 0.15) is 31.1 Å². The molecule has 1 aromatic carbocycles. The third-order valence-corrected chi connectivity index (χ3v) is 4.92. The molecule has 0 bridgehead atoms. The van der Waals surface area contributed by atoms with Crippen LogP contribution in [0.25, 0.3) is 11.2 Å². The van der Waals surface area contributed by atoms with Gasteiger partial charge in [-0.15, -0.1) is 0 Å². The molecule has 31 heavy (non-hydrogen) atoms. The first kappa shape index (κ1) is 22.2. The van der Waals surface area contributed by atoms with Crippen molar-refractivity contribution in [1.82, 2.24) is 18.7 Å². The fraction of sp³-hybridized carbons (Fsp3) is 0.364. The molecule has 0 amide bonds. The van der Waals surface area contributed by atoms with Gasteiger partial charge in [0.25, 0.3) is 11.6 Å². The van der Waals surface area contributed by atoms with Crippen LogP contribution >= 0.6 is 0 Å². The third kappa shape index (κ3) is 4.51. The molecule has 0 aliphatic carbocycles. The van der Waals surface area contributed by atoms with Gasteiger partial charge < -0.3 is 10.5 Å². The number of hydrogen-bond donors (Lipinski definition) is 1. The Morgan fingerprint density at radius 1 is 1.19 bits per heavy atom. The third-order valence-electron chi connectivity index (χ3n) is 4.92. The summed E-state index contributed by atoms with van der Waals surface area (Å²) in [7, 11) is 1.52. The van der Waals surface area contributed by atoms with Gasteiger partial charge in [-0.3, -0.25) is 23.3 Å². The van der Waals surface area contributed by atoms with Gasteiger partial charge in [0, 0.05) is 25.7 Å². The monoisotopic (exact) mass is 425 g/mol. The van der Waals surface area contributed by atoms with Gasteiger partial charge in [-0.2, -0.15) is 4.98 Å². The van der Waals surface area contributed by atoms with Crippen LogP contribution in [0.5, 0.6) is 6.01 Å². The number of aromatic nitrogens is 4. The van der Waals surface area contributed by atoms with E-state index in [4.69, 9.17) is 10.5 Å². The van der Waals surface area contributed by atoms with E-state index < -0.39 is 11.2 Å². The number of nitrogens with two attached hydrogens (primary N) is 1. The van der Waals surface area contributed by atoms with Crippen LogP contribution in [0.4, 0.5) is 0 Å². The van der Waals surface area contributed by atoms with Crippen LogP contribution in [0.3, 0.4) is 0 Å². The van der Waals surface area contributed by atoms with Crippen molar-refractivity contribution in [2.24, 2.45) is 12.8 Å². The van der Waals surface area contributed by atoms with E-state index in [1.165, 1.54) is 11.6 Å². The van der Waals surface area contributed by atoms with E-state index in [0.717, 1.165) is 10.1 Å². The lowest BCUT2D eigenvalue weighted by atomic mass is 10.1. The first-order chi connectivity index (χ1) is 14.7. The van der Waals surface area contributed by atoms with Gasteiger partial charge in [-0.1, -0.05) is 42.0 Å². The van der Waals surface area contributed by atoms with Gasteiger partial charge in [0.05, 0.1) is 6.54 Å². The smallest absolute Gasteiger partial charge is 0.332 e. The Morgan fingerprint density at radius 3 is 2.48 bits per heavy atom. The number of fused-ring (bicyclic) bond motifs is 1. The summed E-state index contributed by atoms with van der Waals surface area (Å²) in [6.45, 7) is 5.89. The number of carbonyl (C=O) groups is 1. The SMILES string of the molecule is CC(C)=CCn1c(O[C@@H](C)CN)nc2c1c(=O)n(CC(=O)c1ccccc1)c(=O)n2C. The van der Waals surface area contributed by atoms with E-state index in [0.29, 0.717) is 12.1 Å². The number of rotatable bonds is 8. The summed E-state index contributed by atoms with van der Waals surface area (Å²) in [5.41, 5.74) is 6.32. The standard InChI is InChI=1S/C22H27N5O4/c1-14(2)10-11-26-18-19(24-21(26)31-15(3)12-23)25(4)22(30)27(20(18)29)13-17(28)16-8-6-5-7-9-16/h5-10,15H,11-13,23H2,1-4H3/t15-/m0/s1. The summed E-state index contributed by atoms with van der Waals surface area (Å²) >= 11 is 0. The molecule has 3 aromatic rings. The highest BCUT2D eigenvalue weighted by molar-refractivity contribution is 5.95. The first-order valence-electron chi connectivity index (χ1n) is 10.0. The number of benzene rings is 1. The van der Waals surface area contributed by atoms with Gasteiger partial charge in [-0.05, 0) is 20.8 Å². The quantitative estimate of drug-likeness (QED) is 0.432. The Labute approximate surface area is 179 Å². The molecule has 2 N–H and O–H groups in total. The minimum Gasteiger partial charge on any atom is -0.460 e. The minimum absolute atomic E-state index is 0.194. The van der Waals surface area contributed by atoms with Crippen molar-refractivity contribution in [3.05, 3.63) is 68.4 Å². The summed E-state index contributed by atoms with van der Waals surface area (Å²) in [6, 6.07) is 8.75. The lowest BCUT2D eigenvalue weighted by Crippen LogP contribution is -2.41. The van der Waals surface area contributed by atoms with Crippen molar-refractivity contribution in [2.75, 3.05) is 6.54 Å². The summed E-state index contributed by atoms with van der Waals surface area (Å²) in [5, 5.41) is 0. The fourth-order valence-corrected chi connectivity index (χ4v) is 3.11. The van der Waals surface area contributed by atoms with Crippen LogP contribution < -0.4 is 21.7 Å². The number of carbonyl (C=O) groups excluding carboxylic acids is 1. The molecule has 0 aliphatic rings. The van der Waals surface area contributed by atoms with Crippen LogP contribution in [0.15, 0.2) is 51.6 Å². The number of ether oxygens (including phenoxy) is 1. The Hall–Kier alpha value is -3.46. The molecule has 0 saturated heterocycles. The second-order valence-electron chi connectivity index (χ2n) is 7.64. The highest BCUT2D eigenvalue weighted by atomic mass is 16.5. The zero-order chi connectivity index (χ0) is 22.7. The Bertz CT molecular complexity index is 1250. The number of nitrogens with zero attached hydrogens (tertiary/aromatic N) is 4. The molecule has 0 spiro atoms. The summed E-state index contributed by atoms with van der Waals surface area (Å²) in [4.78, 5) is 43.3. The van der Waals surface area contributed by atoms with E-state index in [2.05, 4.69) is 4.98 Å². The molecule has 2 heterocycles. The number of ketones is 1. The molecule has 0 fully saturated rings. The molecule has 3 rings (SSSR count). The average molecular weight is 425 g/mol. The Kier molecular flexibility index (Phi) is 6.55. The number of hydrogen-bond acceptors (Lipinski definition) is 6. The molecule has 1 atom stereocenters. The zero-order valence-corrected chi connectivity index (χ0v) is 18.2. The normalized spacial score (nSPS) is 12.0.